The molecular formula is C12H22N4O3. The molecule has 0 saturated heterocycles. The van der Waals surface area contributed by atoms with Gasteiger partial charge in [0.25, 0.3) is 0 Å². The van der Waals surface area contributed by atoms with Gasteiger partial charge in [0, 0.05) is 20.2 Å². The molecule has 0 fully saturated rings. The van der Waals surface area contributed by atoms with Crippen LogP contribution in [0.25, 0.3) is 0 Å². The van der Waals surface area contributed by atoms with Gasteiger partial charge in [-0.05, 0) is 27.2 Å². The Morgan fingerprint density at radius 2 is 2.11 bits per heavy atom. The van der Waals surface area contributed by atoms with Gasteiger partial charge in [-0.25, -0.2) is 4.68 Å². The van der Waals surface area contributed by atoms with Crippen molar-refractivity contribution in [2.24, 2.45) is 7.05 Å². The van der Waals surface area contributed by atoms with Gasteiger partial charge in [-0.1, -0.05) is 6.92 Å². The maximum absolute atomic E-state index is 11.1. The minimum Gasteiger partial charge on any atom is -0.374 e. The maximum Gasteiger partial charge on any atom is 0.333 e. The fraction of sp³-hybridized carbons (Fsp3) is 0.750. The molecule has 0 amide bonds. The van der Waals surface area contributed by atoms with Crippen molar-refractivity contribution < 1.29 is 9.66 Å². The van der Waals surface area contributed by atoms with Crippen LogP contribution in [-0.4, -0.2) is 33.5 Å². The molecule has 0 atom stereocenters. The number of anilines is 1. The molecule has 7 nitrogen and oxygen atoms in total. The number of hydrogen-bond acceptors (Lipinski definition) is 5. The third-order valence-electron chi connectivity index (χ3n) is 2.83. The average Bonchev–Trinajstić information content (AvgIpc) is 2.63. The summed E-state index contributed by atoms with van der Waals surface area (Å²) in [6.07, 6.45) is 0.528. The minimum atomic E-state index is -0.390. The quantitative estimate of drug-likeness (QED) is 0.606. The van der Waals surface area contributed by atoms with E-state index < -0.39 is 0 Å². The Morgan fingerprint density at radius 3 is 2.58 bits per heavy atom. The van der Waals surface area contributed by atoms with Gasteiger partial charge in [0.05, 0.1) is 10.5 Å². The van der Waals surface area contributed by atoms with E-state index in [-0.39, 0.29) is 16.2 Å². The van der Waals surface area contributed by atoms with Crippen LogP contribution in [0.3, 0.4) is 0 Å². The topological polar surface area (TPSA) is 82.2 Å². The Hall–Kier alpha value is -1.63. The zero-order valence-electron chi connectivity index (χ0n) is 12.2. The predicted octanol–water partition coefficient (Wildman–Crippen LogP) is 2.12. The van der Waals surface area contributed by atoms with E-state index in [2.05, 4.69) is 10.4 Å². The molecule has 19 heavy (non-hydrogen) atoms. The first-order valence-corrected chi connectivity index (χ1v) is 6.40. The van der Waals surface area contributed by atoms with Gasteiger partial charge >= 0.3 is 5.69 Å². The van der Waals surface area contributed by atoms with Crippen LogP contribution in [-0.2, 0) is 18.2 Å². The van der Waals surface area contributed by atoms with E-state index >= 15 is 0 Å². The van der Waals surface area contributed by atoms with Gasteiger partial charge < -0.3 is 10.1 Å². The van der Waals surface area contributed by atoms with Crippen LogP contribution >= 0.6 is 0 Å². The van der Waals surface area contributed by atoms with Gasteiger partial charge in [-0.15, -0.1) is 0 Å². The van der Waals surface area contributed by atoms with Crippen molar-refractivity contribution in [3.8, 4) is 0 Å². The van der Waals surface area contributed by atoms with Crippen molar-refractivity contribution in [1.29, 1.82) is 0 Å². The Balaban J connectivity index is 2.95. The summed E-state index contributed by atoms with van der Waals surface area (Å²) in [4.78, 5) is 10.8. The monoisotopic (exact) mass is 270 g/mol. The number of nitrogens with zero attached hydrogens (tertiary/aromatic N) is 3. The molecule has 7 heteroatoms. The summed E-state index contributed by atoms with van der Waals surface area (Å²) in [5.74, 6) is 0.426. The van der Waals surface area contributed by atoms with E-state index in [4.69, 9.17) is 4.74 Å². The molecule has 0 aliphatic rings. The van der Waals surface area contributed by atoms with E-state index in [0.717, 1.165) is 0 Å². The molecule has 108 valence electrons. The first-order chi connectivity index (χ1) is 8.82. The summed E-state index contributed by atoms with van der Waals surface area (Å²) in [5, 5.41) is 18.4. The molecule has 1 aromatic rings. The second-order valence-electron chi connectivity index (χ2n) is 4.92. The van der Waals surface area contributed by atoms with E-state index in [0.29, 0.717) is 31.1 Å². The molecule has 0 aliphatic carbocycles. The van der Waals surface area contributed by atoms with Crippen molar-refractivity contribution in [3.63, 3.8) is 0 Å². The molecule has 1 heterocycles. The highest BCUT2D eigenvalue weighted by Gasteiger charge is 2.27. The molecular weight excluding hydrogens is 248 g/mol. The fourth-order valence-electron chi connectivity index (χ4n) is 1.93. The van der Waals surface area contributed by atoms with E-state index in [1.807, 2.05) is 27.7 Å². The van der Waals surface area contributed by atoms with Gasteiger partial charge in [-0.2, -0.15) is 5.10 Å². The Bertz CT molecular complexity index is 454. The number of nitro groups is 1. The summed E-state index contributed by atoms with van der Waals surface area (Å²) in [5.41, 5.74) is 0.153. The first-order valence-electron chi connectivity index (χ1n) is 6.40. The highest BCUT2D eigenvalue weighted by Crippen LogP contribution is 2.28. The molecule has 0 spiro atoms. The fourth-order valence-corrected chi connectivity index (χ4v) is 1.93. The van der Waals surface area contributed by atoms with Crippen molar-refractivity contribution in [2.75, 3.05) is 18.5 Å². The molecule has 1 aromatic heterocycles. The number of rotatable bonds is 7. The zero-order valence-corrected chi connectivity index (χ0v) is 12.2. The lowest BCUT2D eigenvalue weighted by molar-refractivity contribution is -0.384. The molecule has 1 rings (SSSR count). The molecule has 1 N–H and O–H groups in total. The SMILES string of the molecule is CCOC(C)(C)CNc1c([N+](=O)[O-])c(CC)nn1C. The first kappa shape index (κ1) is 15.4. The summed E-state index contributed by atoms with van der Waals surface area (Å²) < 4.78 is 7.08. The highest BCUT2D eigenvalue weighted by molar-refractivity contribution is 5.59. The van der Waals surface area contributed by atoms with E-state index in [1.165, 1.54) is 4.68 Å². The molecule has 0 saturated carbocycles. The Kier molecular flexibility index (Phi) is 4.88. The van der Waals surface area contributed by atoms with Gasteiger partial charge in [0.1, 0.15) is 5.69 Å². The van der Waals surface area contributed by atoms with Gasteiger partial charge in [0.15, 0.2) is 0 Å². The summed E-state index contributed by atoms with van der Waals surface area (Å²) in [6.45, 7) is 8.72. The van der Waals surface area contributed by atoms with E-state index in [9.17, 15) is 10.1 Å². The van der Waals surface area contributed by atoms with E-state index in [1.54, 1.807) is 7.05 Å². The van der Waals surface area contributed by atoms with Crippen molar-refractivity contribution in [3.05, 3.63) is 15.8 Å². The number of aryl methyl sites for hydroxylation is 2. The summed E-state index contributed by atoms with van der Waals surface area (Å²) in [7, 11) is 1.70. The Morgan fingerprint density at radius 1 is 1.47 bits per heavy atom. The summed E-state index contributed by atoms with van der Waals surface area (Å²) in [6, 6.07) is 0. The highest BCUT2D eigenvalue weighted by atomic mass is 16.6. The van der Waals surface area contributed by atoms with Crippen molar-refractivity contribution in [1.82, 2.24) is 9.78 Å². The Labute approximate surface area is 113 Å². The second-order valence-corrected chi connectivity index (χ2v) is 4.92. The van der Waals surface area contributed by atoms with Crippen LogP contribution in [0.4, 0.5) is 11.5 Å². The lowest BCUT2D eigenvalue weighted by Crippen LogP contribution is -2.34. The molecule has 0 aliphatic heterocycles. The van der Waals surface area contributed by atoms with Crippen LogP contribution in [0.15, 0.2) is 0 Å². The third kappa shape index (κ3) is 3.66. The second kappa shape index (κ2) is 6.01. The molecule has 0 unspecified atom stereocenters. The largest absolute Gasteiger partial charge is 0.374 e. The smallest absolute Gasteiger partial charge is 0.333 e. The minimum absolute atomic E-state index is 0.0531. The normalized spacial score (nSPS) is 11.6. The van der Waals surface area contributed by atoms with Crippen LogP contribution in [0.5, 0.6) is 0 Å². The molecule has 0 bridgehead atoms. The maximum atomic E-state index is 11.1. The van der Waals surface area contributed by atoms with Crippen LogP contribution in [0.1, 0.15) is 33.4 Å². The lowest BCUT2D eigenvalue weighted by Gasteiger charge is -2.25. The zero-order chi connectivity index (χ0) is 14.6. The standard InChI is InChI=1S/C12H22N4O3/c1-6-9-10(16(17)18)11(15(5)14-9)13-8-12(3,4)19-7-2/h13H,6-8H2,1-5H3. The molecule has 0 radical (unpaired) electrons. The average molecular weight is 270 g/mol. The predicted molar refractivity (Wildman–Crippen MR) is 73.4 cm³/mol. The number of nitrogens with one attached hydrogen (secondary N) is 1. The molecule has 0 aromatic carbocycles. The number of aromatic nitrogens is 2. The van der Waals surface area contributed by atoms with Gasteiger partial charge in [0.2, 0.25) is 5.82 Å². The van der Waals surface area contributed by atoms with Crippen molar-refractivity contribution >= 4 is 11.5 Å². The lowest BCUT2D eigenvalue weighted by atomic mass is 10.1. The van der Waals surface area contributed by atoms with Crippen molar-refractivity contribution in [2.45, 2.75) is 39.7 Å². The number of ether oxygens (including phenoxy) is 1. The van der Waals surface area contributed by atoms with Crippen LogP contribution in [0.2, 0.25) is 0 Å². The number of hydrogen-bond donors (Lipinski definition) is 1. The van der Waals surface area contributed by atoms with Crippen LogP contribution in [0, 0.1) is 10.1 Å². The summed E-state index contributed by atoms with van der Waals surface area (Å²) >= 11 is 0. The van der Waals surface area contributed by atoms with Gasteiger partial charge in [-0.3, -0.25) is 10.1 Å². The third-order valence-corrected chi connectivity index (χ3v) is 2.83. The van der Waals surface area contributed by atoms with Crippen LogP contribution < -0.4 is 5.32 Å².